The Morgan fingerprint density at radius 3 is 2.22 bits per heavy atom. The zero-order valence-electron chi connectivity index (χ0n) is 10.0. The van der Waals surface area contributed by atoms with E-state index in [1.807, 2.05) is 0 Å². The molecule has 0 spiro atoms. The quantitative estimate of drug-likeness (QED) is 0.631. The molecule has 1 N–H and O–H groups in total. The number of allylic oxidation sites excluding steroid dienone is 1. The highest BCUT2D eigenvalue weighted by Crippen LogP contribution is 2.23. The topological polar surface area (TPSA) is 57.6 Å². The number of nitrogens with zero attached hydrogens (tertiary/aromatic N) is 1. The number of benzene rings is 1. The highest BCUT2D eigenvalue weighted by Gasteiger charge is 2.35. The molecule has 0 bridgehead atoms. The summed E-state index contributed by atoms with van der Waals surface area (Å²) in [5.74, 6) is -0.707. The molecule has 0 fully saturated rings. The molecule has 1 aliphatic heterocycles. The van der Waals surface area contributed by atoms with Gasteiger partial charge in [-0.2, -0.15) is 0 Å². The van der Waals surface area contributed by atoms with Crippen molar-refractivity contribution in [3.63, 3.8) is 0 Å². The Morgan fingerprint density at radius 2 is 1.78 bits per heavy atom. The van der Waals surface area contributed by atoms with E-state index in [0.29, 0.717) is 17.5 Å². The molecule has 1 atom stereocenters. The van der Waals surface area contributed by atoms with Gasteiger partial charge in [0.25, 0.3) is 11.8 Å². The molecule has 2 amide bonds. The molecular formula is C14H15NO3. The molecule has 1 aliphatic rings. The molecule has 0 unspecified atom stereocenters. The van der Waals surface area contributed by atoms with Crippen LogP contribution in [0.2, 0.25) is 0 Å². The maximum absolute atomic E-state index is 12.1. The summed E-state index contributed by atoms with van der Waals surface area (Å²) in [5, 5.41) is 9.21. The molecule has 1 heterocycles. The average Bonchev–Trinajstić information content (AvgIpc) is 2.64. The van der Waals surface area contributed by atoms with Crippen LogP contribution in [0.25, 0.3) is 0 Å². The SMILES string of the molecule is C=CC[C@@H](CO)CN1C(=O)c2ccccc2C1=O. The minimum Gasteiger partial charge on any atom is -0.396 e. The van der Waals surface area contributed by atoms with Crippen molar-refractivity contribution in [2.24, 2.45) is 5.92 Å². The second-order valence-corrected chi connectivity index (χ2v) is 4.34. The predicted molar refractivity (Wildman–Crippen MR) is 67.2 cm³/mol. The summed E-state index contributed by atoms with van der Waals surface area (Å²) < 4.78 is 0. The summed E-state index contributed by atoms with van der Waals surface area (Å²) in [5.41, 5.74) is 0.885. The van der Waals surface area contributed by atoms with Gasteiger partial charge < -0.3 is 5.11 Å². The number of imide groups is 1. The number of aliphatic hydroxyl groups excluding tert-OH is 1. The van der Waals surface area contributed by atoms with E-state index < -0.39 is 0 Å². The van der Waals surface area contributed by atoms with Crippen LogP contribution in [-0.2, 0) is 0 Å². The third-order valence-corrected chi connectivity index (χ3v) is 3.08. The largest absolute Gasteiger partial charge is 0.396 e. The molecule has 0 saturated heterocycles. The van der Waals surface area contributed by atoms with Gasteiger partial charge in [0.1, 0.15) is 0 Å². The highest BCUT2D eigenvalue weighted by atomic mass is 16.3. The summed E-state index contributed by atoms with van der Waals surface area (Å²) in [6, 6.07) is 6.77. The minimum absolute atomic E-state index is 0.0700. The fraction of sp³-hybridized carbons (Fsp3) is 0.286. The van der Waals surface area contributed by atoms with E-state index in [1.54, 1.807) is 30.3 Å². The van der Waals surface area contributed by atoms with Gasteiger partial charge in [0, 0.05) is 19.1 Å². The van der Waals surface area contributed by atoms with Crippen molar-refractivity contribution < 1.29 is 14.7 Å². The van der Waals surface area contributed by atoms with E-state index in [2.05, 4.69) is 6.58 Å². The highest BCUT2D eigenvalue weighted by molar-refractivity contribution is 6.21. The van der Waals surface area contributed by atoms with Crippen LogP contribution < -0.4 is 0 Å². The Hall–Kier alpha value is -1.94. The minimum atomic E-state index is -0.280. The van der Waals surface area contributed by atoms with Crippen LogP contribution in [0.4, 0.5) is 0 Å². The van der Waals surface area contributed by atoms with Crippen LogP contribution in [-0.4, -0.2) is 35.0 Å². The van der Waals surface area contributed by atoms with Crippen molar-refractivity contribution in [1.82, 2.24) is 4.90 Å². The average molecular weight is 245 g/mol. The summed E-state index contributed by atoms with van der Waals surface area (Å²) in [6.45, 7) is 3.76. The molecular weight excluding hydrogens is 230 g/mol. The Kier molecular flexibility index (Phi) is 3.58. The molecule has 0 radical (unpaired) electrons. The van der Waals surface area contributed by atoms with Crippen LogP contribution in [0.3, 0.4) is 0 Å². The zero-order valence-corrected chi connectivity index (χ0v) is 10.0. The smallest absolute Gasteiger partial charge is 0.261 e. The van der Waals surface area contributed by atoms with Crippen LogP contribution in [0.15, 0.2) is 36.9 Å². The monoisotopic (exact) mass is 245 g/mol. The van der Waals surface area contributed by atoms with Crippen LogP contribution >= 0.6 is 0 Å². The Labute approximate surface area is 106 Å². The standard InChI is InChI=1S/C14H15NO3/c1-2-5-10(9-16)8-15-13(17)11-6-3-4-7-12(11)14(15)18/h2-4,6-7,10,16H,1,5,8-9H2/t10-/m1/s1. The van der Waals surface area contributed by atoms with Crippen molar-refractivity contribution >= 4 is 11.8 Å². The lowest BCUT2D eigenvalue weighted by Gasteiger charge is -2.19. The summed E-state index contributed by atoms with van der Waals surface area (Å²) in [7, 11) is 0. The van der Waals surface area contributed by atoms with Gasteiger partial charge in [0.05, 0.1) is 11.1 Å². The van der Waals surface area contributed by atoms with E-state index in [1.165, 1.54) is 4.90 Å². The van der Waals surface area contributed by atoms with Gasteiger partial charge in [-0.1, -0.05) is 18.2 Å². The number of hydrogen-bond acceptors (Lipinski definition) is 3. The Bertz CT molecular complexity index is 461. The lowest BCUT2D eigenvalue weighted by Crippen LogP contribution is -2.35. The van der Waals surface area contributed by atoms with Gasteiger partial charge >= 0.3 is 0 Å². The van der Waals surface area contributed by atoms with E-state index in [-0.39, 0.29) is 30.9 Å². The first-order valence-electron chi connectivity index (χ1n) is 5.86. The van der Waals surface area contributed by atoms with Crippen molar-refractivity contribution in [3.8, 4) is 0 Å². The molecule has 0 aromatic heterocycles. The van der Waals surface area contributed by atoms with Gasteiger partial charge in [0.2, 0.25) is 0 Å². The maximum Gasteiger partial charge on any atom is 0.261 e. The van der Waals surface area contributed by atoms with Gasteiger partial charge in [-0.15, -0.1) is 6.58 Å². The molecule has 2 rings (SSSR count). The summed E-state index contributed by atoms with van der Waals surface area (Å²) in [6.07, 6.45) is 2.25. The number of aliphatic hydroxyl groups is 1. The second-order valence-electron chi connectivity index (χ2n) is 4.34. The summed E-state index contributed by atoms with van der Waals surface area (Å²) >= 11 is 0. The molecule has 0 saturated carbocycles. The van der Waals surface area contributed by atoms with Gasteiger partial charge in [-0.25, -0.2) is 0 Å². The fourth-order valence-electron chi connectivity index (χ4n) is 2.11. The zero-order chi connectivity index (χ0) is 13.1. The Morgan fingerprint density at radius 1 is 1.22 bits per heavy atom. The number of fused-ring (bicyclic) bond motifs is 1. The number of carbonyl (C=O) groups excluding carboxylic acids is 2. The van der Waals surface area contributed by atoms with Crippen molar-refractivity contribution in [3.05, 3.63) is 48.0 Å². The molecule has 18 heavy (non-hydrogen) atoms. The molecule has 4 nitrogen and oxygen atoms in total. The first-order valence-corrected chi connectivity index (χ1v) is 5.86. The van der Waals surface area contributed by atoms with Crippen molar-refractivity contribution in [1.29, 1.82) is 0 Å². The molecule has 94 valence electrons. The van der Waals surface area contributed by atoms with Crippen molar-refractivity contribution in [2.45, 2.75) is 6.42 Å². The normalized spacial score (nSPS) is 15.7. The molecule has 0 aliphatic carbocycles. The van der Waals surface area contributed by atoms with Crippen molar-refractivity contribution in [2.75, 3.05) is 13.2 Å². The van der Waals surface area contributed by atoms with E-state index in [4.69, 9.17) is 0 Å². The maximum atomic E-state index is 12.1. The van der Waals surface area contributed by atoms with E-state index in [9.17, 15) is 14.7 Å². The number of rotatable bonds is 5. The van der Waals surface area contributed by atoms with Gasteiger partial charge in [0.15, 0.2) is 0 Å². The van der Waals surface area contributed by atoms with Crippen LogP contribution in [0, 0.1) is 5.92 Å². The first-order chi connectivity index (χ1) is 8.69. The molecule has 1 aromatic carbocycles. The Balaban J connectivity index is 2.20. The van der Waals surface area contributed by atoms with Crippen LogP contribution in [0.5, 0.6) is 0 Å². The predicted octanol–water partition coefficient (Wildman–Crippen LogP) is 1.47. The number of carbonyl (C=O) groups is 2. The third kappa shape index (κ3) is 2.07. The van der Waals surface area contributed by atoms with E-state index >= 15 is 0 Å². The van der Waals surface area contributed by atoms with E-state index in [0.717, 1.165) is 0 Å². The second kappa shape index (κ2) is 5.14. The fourth-order valence-corrected chi connectivity index (χ4v) is 2.11. The third-order valence-electron chi connectivity index (χ3n) is 3.08. The lowest BCUT2D eigenvalue weighted by molar-refractivity contribution is 0.0608. The van der Waals surface area contributed by atoms with Crippen LogP contribution in [0.1, 0.15) is 27.1 Å². The summed E-state index contributed by atoms with van der Waals surface area (Å²) in [4.78, 5) is 25.3. The first kappa shape index (κ1) is 12.5. The molecule has 1 aromatic rings. The van der Waals surface area contributed by atoms with Gasteiger partial charge in [-0.05, 0) is 18.6 Å². The lowest BCUT2D eigenvalue weighted by atomic mass is 10.1. The molecule has 4 heteroatoms. The number of amides is 2. The number of hydrogen-bond donors (Lipinski definition) is 1. The van der Waals surface area contributed by atoms with Gasteiger partial charge in [-0.3, -0.25) is 14.5 Å².